The van der Waals surface area contributed by atoms with Crippen molar-refractivity contribution < 1.29 is 11.0 Å². The van der Waals surface area contributed by atoms with Gasteiger partial charge in [-0.15, -0.1) is 0 Å². The number of nitrogen functional groups attached to an aromatic ring is 1. The molecule has 0 radical (unpaired) electrons. The summed E-state index contributed by atoms with van der Waals surface area (Å²) >= 11 is 0. The molecule has 4 N–H and O–H groups in total. The van der Waals surface area contributed by atoms with Crippen LogP contribution in [0.15, 0.2) is 23.3 Å². The average Bonchev–Trinajstić information content (AvgIpc) is 2.75. The second kappa shape index (κ2) is 16.2. The molecule has 0 aromatic carbocycles. The number of nitrogens with one attached hydrogen (secondary N) is 2. The van der Waals surface area contributed by atoms with Crippen LogP contribution in [-0.4, -0.2) is 84.9 Å². The summed E-state index contributed by atoms with van der Waals surface area (Å²) in [5, 5.41) is 8.92. The number of rotatable bonds is 9. The summed E-state index contributed by atoms with van der Waals surface area (Å²) in [5.41, 5.74) is 6.39. The Morgan fingerprint density at radius 3 is 2.66 bits per heavy atom. The molecule has 0 spiro atoms. The van der Waals surface area contributed by atoms with Gasteiger partial charge >= 0.3 is 0 Å². The number of amides is 2. The molecule has 32 heavy (non-hydrogen) atoms. The maximum Gasteiger partial charge on any atom is 0.246 e. The molecule has 10 heteroatoms. The molecule has 1 atom stereocenters. The third-order valence-corrected chi connectivity index (χ3v) is 4.07. The van der Waals surface area contributed by atoms with Crippen LogP contribution in [-0.2, 0) is 9.59 Å². The van der Waals surface area contributed by atoms with Crippen LogP contribution in [0.2, 0.25) is 0 Å². The van der Waals surface area contributed by atoms with Crippen LogP contribution in [0, 0.1) is 24.2 Å². The quantitative estimate of drug-likeness (QED) is 0.171. The third-order valence-electron chi connectivity index (χ3n) is 4.07. The number of aliphatic imine (C=N–C) groups is 1. The number of nitrogens with two attached hydrogens (primary N) is 1. The first-order valence-corrected chi connectivity index (χ1v) is 10.0. The van der Waals surface area contributed by atoms with Gasteiger partial charge in [0.25, 0.3) is 0 Å². The fraction of sp³-hybridized carbons (Fsp3) is 0.455. The van der Waals surface area contributed by atoms with Crippen LogP contribution in [0.5, 0.6) is 0 Å². The monoisotopic (exact) mass is 444 g/mol. The summed E-state index contributed by atoms with van der Waals surface area (Å²) in [6, 6.07) is -0.549. The van der Waals surface area contributed by atoms with E-state index in [9.17, 15) is 9.59 Å². The van der Waals surface area contributed by atoms with E-state index in [2.05, 4.69) is 38.8 Å². The van der Waals surface area contributed by atoms with Crippen molar-refractivity contribution in [2.45, 2.75) is 32.7 Å². The number of likely N-dealkylation sites (N-methyl/N-ethyl adjacent to an activating group) is 2. The molecule has 0 aliphatic heterocycles. The maximum atomic E-state index is 12.2. The van der Waals surface area contributed by atoms with Crippen LogP contribution >= 0.6 is 0 Å². The number of aromatic nitrogens is 2. The number of hydrogen-bond donors (Lipinski definition) is 3. The Balaban J connectivity index is 0. The van der Waals surface area contributed by atoms with Gasteiger partial charge in [0.2, 0.25) is 11.8 Å². The van der Waals surface area contributed by atoms with Crippen molar-refractivity contribution in [1.29, 1.82) is 5.41 Å². The number of nitrogens with zero attached hydrogens (tertiary/aromatic N) is 5. The van der Waals surface area contributed by atoms with Crippen molar-refractivity contribution in [2.75, 3.05) is 40.0 Å². The Morgan fingerprint density at radius 1 is 1.44 bits per heavy atom. The van der Waals surface area contributed by atoms with Gasteiger partial charge in [-0.1, -0.05) is 17.9 Å². The predicted molar refractivity (Wildman–Crippen MR) is 131 cm³/mol. The summed E-state index contributed by atoms with van der Waals surface area (Å²) in [6.07, 6.45) is 7.05. The van der Waals surface area contributed by atoms with Crippen molar-refractivity contribution in [1.82, 2.24) is 25.1 Å². The lowest BCUT2D eigenvalue weighted by Crippen LogP contribution is -2.45. The molecular weight excluding hydrogens is 408 g/mol. The van der Waals surface area contributed by atoms with E-state index < -0.39 is 6.04 Å². The summed E-state index contributed by atoms with van der Waals surface area (Å²) < 4.78 is 0. The smallest absolute Gasteiger partial charge is 0.246 e. The van der Waals surface area contributed by atoms with Crippen LogP contribution in [0.3, 0.4) is 0 Å². The summed E-state index contributed by atoms with van der Waals surface area (Å²) in [7, 11) is 5.46. The molecule has 10 nitrogen and oxygen atoms in total. The molecule has 1 heterocycles. The van der Waals surface area contributed by atoms with Crippen LogP contribution < -0.4 is 11.1 Å². The number of unbranched alkanes of at least 4 members (excludes halogenated alkanes) is 1. The van der Waals surface area contributed by atoms with Gasteiger partial charge in [-0.25, -0.2) is 9.97 Å². The van der Waals surface area contributed by atoms with E-state index >= 15 is 0 Å². The van der Waals surface area contributed by atoms with Gasteiger partial charge in [-0.05, 0) is 41.1 Å². The second-order valence-corrected chi connectivity index (χ2v) is 7.01. The highest BCUT2D eigenvalue weighted by atomic mass is 16.2. The fourth-order valence-electron chi connectivity index (χ4n) is 2.13. The van der Waals surface area contributed by atoms with E-state index in [4.69, 9.17) is 11.1 Å². The average molecular weight is 445 g/mol. The van der Waals surface area contributed by atoms with Gasteiger partial charge in [-0.3, -0.25) is 20.0 Å². The molecule has 0 unspecified atom stereocenters. The highest BCUT2D eigenvalue weighted by Crippen LogP contribution is 2.05. The number of carbonyl (C=O) groups is 2. The summed E-state index contributed by atoms with van der Waals surface area (Å²) in [6.45, 7) is 7.60. The van der Waals surface area contributed by atoms with E-state index in [-0.39, 0.29) is 13.2 Å². The molecular formula is C22H36N8O2. The van der Waals surface area contributed by atoms with E-state index in [1.165, 1.54) is 11.0 Å². The standard InChI is InChI=1S/C20H30N6O2.C2H4N2.H2/c1-15(26(5)18(27)11-9-13-25(3)4)20(28)22-12-8-6-7-10-17-14-23-16(2)24-19(17)21;1-4-2-3;/h9,11,14-15H,6,8,12-13H2,1-5H3,(H,22,28)(H2,21,23,24);2-3H,1H2;1H/b11-9+;;/t15-;;/m0../s1. The van der Waals surface area contributed by atoms with Crippen molar-refractivity contribution in [2.24, 2.45) is 4.99 Å². The lowest BCUT2D eigenvalue weighted by Gasteiger charge is -2.23. The van der Waals surface area contributed by atoms with Crippen molar-refractivity contribution in [3.05, 3.63) is 29.7 Å². The highest BCUT2D eigenvalue weighted by molar-refractivity contribution is 5.92. The highest BCUT2D eigenvalue weighted by Gasteiger charge is 2.20. The minimum Gasteiger partial charge on any atom is -0.383 e. The van der Waals surface area contributed by atoms with Gasteiger partial charge in [0, 0.05) is 40.3 Å². The summed E-state index contributed by atoms with van der Waals surface area (Å²) in [5.74, 6) is 6.52. The number of carbonyl (C=O) groups excluding carboxylic acids is 2. The number of anilines is 1. The maximum absolute atomic E-state index is 12.2. The van der Waals surface area contributed by atoms with Gasteiger partial charge < -0.3 is 20.9 Å². The minimum atomic E-state index is -0.549. The van der Waals surface area contributed by atoms with Gasteiger partial charge in [0.05, 0.1) is 5.56 Å². The van der Waals surface area contributed by atoms with Crippen molar-refractivity contribution >= 4 is 30.7 Å². The topological polar surface area (TPSA) is 141 Å². The van der Waals surface area contributed by atoms with Crippen molar-refractivity contribution in [3.63, 3.8) is 0 Å². The fourth-order valence-corrected chi connectivity index (χ4v) is 2.13. The van der Waals surface area contributed by atoms with E-state index in [1.54, 1.807) is 33.2 Å². The number of hydrogen-bond acceptors (Lipinski definition) is 7. The molecule has 0 bridgehead atoms. The molecule has 0 saturated heterocycles. The second-order valence-electron chi connectivity index (χ2n) is 7.01. The Labute approximate surface area is 192 Å². The summed E-state index contributed by atoms with van der Waals surface area (Å²) in [4.78, 5) is 38.8. The first kappa shape index (κ1) is 28.4. The molecule has 0 aliphatic carbocycles. The third kappa shape index (κ3) is 12.2. The van der Waals surface area contributed by atoms with Crippen molar-refractivity contribution in [3.8, 4) is 11.8 Å². The first-order valence-electron chi connectivity index (χ1n) is 10.0. The lowest BCUT2D eigenvalue weighted by molar-refractivity contribution is -0.135. The Bertz CT molecular complexity index is 856. The molecule has 0 fully saturated rings. The van der Waals surface area contributed by atoms with Gasteiger partial charge in [0.15, 0.2) is 0 Å². The van der Waals surface area contributed by atoms with E-state index in [0.29, 0.717) is 43.1 Å². The molecule has 2 amide bonds. The molecule has 1 aromatic heterocycles. The molecule has 0 aliphatic rings. The zero-order valence-corrected chi connectivity index (χ0v) is 19.6. The van der Waals surface area contributed by atoms with Crippen LogP contribution in [0.1, 0.15) is 32.6 Å². The Morgan fingerprint density at radius 2 is 2.09 bits per heavy atom. The zero-order chi connectivity index (χ0) is 24.5. The van der Waals surface area contributed by atoms with Gasteiger partial charge in [0.1, 0.15) is 24.0 Å². The predicted octanol–water partition coefficient (Wildman–Crippen LogP) is 1.12. The number of aryl methyl sites for hydroxylation is 1. The van der Waals surface area contributed by atoms with E-state index in [1.807, 2.05) is 19.0 Å². The SMILES string of the molecule is C=NC=N.Cc1ncc(C#CCCCNC(=O)[C@H](C)N(C)C(=O)/C=C/CN(C)C)c(N)n1.[HH]. The zero-order valence-electron chi connectivity index (χ0n) is 19.6. The van der Waals surface area contributed by atoms with E-state index in [0.717, 1.165) is 6.34 Å². The Hall–Kier alpha value is -3.58. The molecule has 1 rings (SSSR count). The minimum absolute atomic E-state index is 0. The Kier molecular flexibility index (Phi) is 14.3. The van der Waals surface area contributed by atoms with Crippen LogP contribution in [0.25, 0.3) is 0 Å². The van der Waals surface area contributed by atoms with Gasteiger partial charge in [-0.2, -0.15) is 0 Å². The lowest BCUT2D eigenvalue weighted by atomic mass is 10.2. The first-order chi connectivity index (χ1) is 15.1. The molecule has 0 saturated carbocycles. The molecule has 1 aromatic rings. The van der Waals surface area contributed by atoms with Crippen LogP contribution in [0.4, 0.5) is 5.82 Å². The largest absolute Gasteiger partial charge is 0.383 e. The normalized spacial score (nSPS) is 10.9. The molecule has 176 valence electrons.